The number of nitrogens with zero attached hydrogens (tertiary/aromatic N) is 3. The van der Waals surface area contributed by atoms with Gasteiger partial charge < -0.3 is 14.7 Å². The minimum atomic E-state index is -0.198. The second kappa shape index (κ2) is 6.37. The molecule has 0 saturated carbocycles. The number of carbonyl (C=O) groups is 2. The first-order chi connectivity index (χ1) is 9.13. The van der Waals surface area contributed by atoms with Gasteiger partial charge in [-0.3, -0.25) is 9.59 Å². The van der Waals surface area contributed by atoms with Gasteiger partial charge in [0.1, 0.15) is 6.04 Å². The van der Waals surface area contributed by atoms with E-state index in [-0.39, 0.29) is 17.9 Å². The van der Waals surface area contributed by atoms with E-state index in [1.54, 1.807) is 4.90 Å². The maximum Gasteiger partial charge on any atom is 0.245 e. The molecular weight excluding hydrogens is 242 g/mol. The van der Waals surface area contributed by atoms with E-state index >= 15 is 0 Å². The van der Waals surface area contributed by atoms with Gasteiger partial charge in [-0.15, -0.1) is 0 Å². The van der Waals surface area contributed by atoms with Crippen LogP contribution < -0.4 is 0 Å². The van der Waals surface area contributed by atoms with Gasteiger partial charge in [-0.25, -0.2) is 0 Å². The lowest BCUT2D eigenvalue weighted by molar-refractivity contribution is -0.143. The molecule has 1 atom stereocenters. The Morgan fingerprint density at radius 2 is 1.84 bits per heavy atom. The van der Waals surface area contributed by atoms with Crippen molar-refractivity contribution < 1.29 is 9.59 Å². The third-order valence-electron chi connectivity index (χ3n) is 4.19. The van der Waals surface area contributed by atoms with Crippen LogP contribution in [0, 0.1) is 0 Å². The predicted molar refractivity (Wildman–Crippen MR) is 73.7 cm³/mol. The molecular formula is C14H25N3O2. The Bertz CT molecular complexity index is 346. The van der Waals surface area contributed by atoms with E-state index in [1.165, 1.54) is 0 Å². The van der Waals surface area contributed by atoms with E-state index in [9.17, 15) is 9.59 Å². The highest BCUT2D eigenvalue weighted by Crippen LogP contribution is 2.21. The third kappa shape index (κ3) is 3.26. The predicted octanol–water partition coefficient (Wildman–Crippen LogP) is 0.552. The first-order valence-corrected chi connectivity index (χ1v) is 7.40. The summed E-state index contributed by atoms with van der Waals surface area (Å²) in [5.74, 6) is 0.275. The molecule has 19 heavy (non-hydrogen) atoms. The standard InChI is InChI=1S/C14H25N3O2/c1-3-13(18)17-9-4-6-12(17)14(19)16-8-5-7-15(2)10-11-16/h12H,3-11H2,1-2H3/t12-/m1/s1. The van der Waals surface area contributed by atoms with Crippen molar-refractivity contribution in [3.8, 4) is 0 Å². The lowest BCUT2D eigenvalue weighted by Crippen LogP contribution is -2.48. The van der Waals surface area contributed by atoms with Crippen molar-refractivity contribution in [3.63, 3.8) is 0 Å². The number of hydrogen-bond donors (Lipinski definition) is 0. The number of amides is 2. The Balaban J connectivity index is 1.99. The zero-order valence-electron chi connectivity index (χ0n) is 12.1. The topological polar surface area (TPSA) is 43.9 Å². The number of hydrogen-bond acceptors (Lipinski definition) is 3. The average molecular weight is 267 g/mol. The molecule has 2 amide bonds. The first-order valence-electron chi connectivity index (χ1n) is 7.40. The molecule has 5 nitrogen and oxygen atoms in total. The summed E-state index contributed by atoms with van der Waals surface area (Å²) >= 11 is 0. The van der Waals surface area contributed by atoms with Crippen LogP contribution in [0.25, 0.3) is 0 Å². The molecule has 108 valence electrons. The van der Waals surface area contributed by atoms with Crippen LogP contribution in [-0.2, 0) is 9.59 Å². The SMILES string of the molecule is CCC(=O)N1CCC[C@@H]1C(=O)N1CCCN(C)CC1. The van der Waals surface area contributed by atoms with Crippen molar-refractivity contribution in [1.82, 2.24) is 14.7 Å². The number of likely N-dealkylation sites (tertiary alicyclic amines) is 1. The fourth-order valence-corrected chi connectivity index (χ4v) is 3.00. The van der Waals surface area contributed by atoms with Crippen LogP contribution in [0.5, 0.6) is 0 Å². The van der Waals surface area contributed by atoms with Gasteiger partial charge in [-0.05, 0) is 32.9 Å². The maximum atomic E-state index is 12.6. The van der Waals surface area contributed by atoms with Crippen LogP contribution in [-0.4, -0.2) is 72.3 Å². The summed E-state index contributed by atoms with van der Waals surface area (Å²) < 4.78 is 0. The van der Waals surface area contributed by atoms with Crippen molar-refractivity contribution in [2.24, 2.45) is 0 Å². The molecule has 0 aliphatic carbocycles. The summed E-state index contributed by atoms with van der Waals surface area (Å²) in [4.78, 5) is 30.5. The molecule has 0 bridgehead atoms. The molecule has 0 N–H and O–H groups in total. The van der Waals surface area contributed by atoms with Crippen molar-refractivity contribution >= 4 is 11.8 Å². The van der Waals surface area contributed by atoms with Gasteiger partial charge in [0.05, 0.1) is 0 Å². The lowest BCUT2D eigenvalue weighted by atomic mass is 10.1. The van der Waals surface area contributed by atoms with Crippen molar-refractivity contribution in [2.45, 2.75) is 38.6 Å². The molecule has 2 heterocycles. The Kier molecular flexibility index (Phi) is 4.80. The fraction of sp³-hybridized carbons (Fsp3) is 0.857. The molecule has 0 radical (unpaired) electrons. The van der Waals surface area contributed by atoms with Crippen molar-refractivity contribution in [1.29, 1.82) is 0 Å². The minimum absolute atomic E-state index is 0.114. The fourth-order valence-electron chi connectivity index (χ4n) is 3.00. The largest absolute Gasteiger partial charge is 0.340 e. The van der Waals surface area contributed by atoms with E-state index in [0.717, 1.165) is 52.0 Å². The second-order valence-corrected chi connectivity index (χ2v) is 5.58. The zero-order valence-corrected chi connectivity index (χ0v) is 12.1. The van der Waals surface area contributed by atoms with Crippen LogP contribution in [0.3, 0.4) is 0 Å². The van der Waals surface area contributed by atoms with Crippen LogP contribution in [0.15, 0.2) is 0 Å². The smallest absolute Gasteiger partial charge is 0.245 e. The Hall–Kier alpha value is -1.10. The lowest BCUT2D eigenvalue weighted by Gasteiger charge is -2.29. The molecule has 2 fully saturated rings. The summed E-state index contributed by atoms with van der Waals surface area (Å²) in [5, 5.41) is 0. The monoisotopic (exact) mass is 267 g/mol. The molecule has 0 aromatic carbocycles. The number of rotatable bonds is 2. The highest BCUT2D eigenvalue weighted by atomic mass is 16.2. The van der Waals surface area contributed by atoms with Crippen LogP contribution in [0.2, 0.25) is 0 Å². The summed E-state index contributed by atoms with van der Waals surface area (Å²) in [6.45, 7) is 6.21. The van der Waals surface area contributed by atoms with Gasteiger partial charge in [0, 0.05) is 32.6 Å². The van der Waals surface area contributed by atoms with Gasteiger partial charge in [0.2, 0.25) is 11.8 Å². The number of likely N-dealkylation sites (N-methyl/N-ethyl adjacent to an activating group) is 1. The van der Waals surface area contributed by atoms with Gasteiger partial charge >= 0.3 is 0 Å². The van der Waals surface area contributed by atoms with Crippen molar-refractivity contribution in [2.75, 3.05) is 39.8 Å². The Labute approximate surface area is 115 Å². The van der Waals surface area contributed by atoms with E-state index < -0.39 is 0 Å². The van der Waals surface area contributed by atoms with Gasteiger partial charge in [-0.1, -0.05) is 6.92 Å². The molecule has 0 unspecified atom stereocenters. The molecule has 2 rings (SSSR count). The van der Waals surface area contributed by atoms with Gasteiger partial charge in [0.15, 0.2) is 0 Å². The molecule has 2 saturated heterocycles. The van der Waals surface area contributed by atoms with E-state index in [4.69, 9.17) is 0 Å². The molecule has 2 aliphatic heterocycles. The molecule has 5 heteroatoms. The van der Waals surface area contributed by atoms with Gasteiger partial charge in [0.25, 0.3) is 0 Å². The zero-order chi connectivity index (χ0) is 13.8. The normalized spacial score (nSPS) is 25.5. The highest BCUT2D eigenvalue weighted by molar-refractivity contribution is 5.88. The summed E-state index contributed by atoms with van der Waals surface area (Å²) in [6.07, 6.45) is 3.30. The summed E-state index contributed by atoms with van der Waals surface area (Å²) in [5.41, 5.74) is 0. The van der Waals surface area contributed by atoms with E-state index in [0.29, 0.717) is 6.42 Å². The van der Waals surface area contributed by atoms with Crippen LogP contribution in [0.1, 0.15) is 32.6 Å². The average Bonchev–Trinajstić information content (AvgIpc) is 2.80. The Morgan fingerprint density at radius 3 is 2.58 bits per heavy atom. The van der Waals surface area contributed by atoms with Crippen molar-refractivity contribution in [3.05, 3.63) is 0 Å². The number of carbonyl (C=O) groups excluding carboxylic acids is 2. The van der Waals surface area contributed by atoms with E-state index in [2.05, 4.69) is 11.9 Å². The van der Waals surface area contributed by atoms with Gasteiger partial charge in [-0.2, -0.15) is 0 Å². The molecule has 2 aliphatic rings. The maximum absolute atomic E-state index is 12.6. The van der Waals surface area contributed by atoms with Crippen LogP contribution >= 0.6 is 0 Å². The molecule has 0 spiro atoms. The summed E-state index contributed by atoms with van der Waals surface area (Å²) in [6, 6.07) is -0.198. The highest BCUT2D eigenvalue weighted by Gasteiger charge is 2.35. The van der Waals surface area contributed by atoms with E-state index in [1.807, 2.05) is 11.8 Å². The van der Waals surface area contributed by atoms with Crippen LogP contribution in [0.4, 0.5) is 0 Å². The molecule has 0 aromatic rings. The Morgan fingerprint density at radius 1 is 1.05 bits per heavy atom. The second-order valence-electron chi connectivity index (χ2n) is 5.58. The third-order valence-corrected chi connectivity index (χ3v) is 4.19. The molecule has 0 aromatic heterocycles. The quantitative estimate of drug-likeness (QED) is 0.734. The minimum Gasteiger partial charge on any atom is -0.340 e. The summed E-state index contributed by atoms with van der Waals surface area (Å²) in [7, 11) is 2.09. The first kappa shape index (κ1) is 14.3.